The molecule has 0 amide bonds. The molecule has 0 aliphatic carbocycles. The van der Waals surface area contributed by atoms with Crippen molar-refractivity contribution < 1.29 is 154 Å². The second kappa shape index (κ2) is 20.4. The Morgan fingerprint density at radius 1 is 0.589 bits per heavy atom. The van der Waals surface area contributed by atoms with E-state index in [0.29, 0.717) is 45.2 Å². The third kappa shape index (κ3) is 10.4. The summed E-state index contributed by atoms with van der Waals surface area (Å²) in [5, 5.41) is 45.0. The van der Waals surface area contributed by atoms with Gasteiger partial charge in [-0.15, -0.1) is 10.2 Å². The fourth-order valence-corrected chi connectivity index (χ4v) is 7.26. The number of fused-ring (bicyclic) bond motifs is 2. The number of benzene rings is 6. The zero-order valence-electron chi connectivity index (χ0n) is 31.9. The first kappa shape index (κ1) is 50.2. The van der Waals surface area contributed by atoms with E-state index in [9.17, 15) is 36.2 Å². The summed E-state index contributed by atoms with van der Waals surface area (Å²) in [5.41, 5.74) is 4.61. The van der Waals surface area contributed by atoms with Gasteiger partial charge in [0.2, 0.25) is 0 Å². The zero-order chi connectivity index (χ0) is 37.5. The zero-order valence-corrected chi connectivity index (χ0v) is 41.5. The summed E-state index contributed by atoms with van der Waals surface area (Å²) in [7, 11) is -7.52. The molecule has 0 atom stereocenters. The molecule has 56 heavy (non-hydrogen) atoms. The van der Waals surface area contributed by atoms with E-state index in [4.69, 9.17) is 0 Å². The number of nitrogens with zero attached hydrogens (tertiary/aromatic N) is 4. The first-order chi connectivity index (χ1) is 24.6. The summed E-state index contributed by atoms with van der Waals surface area (Å²) in [6, 6.07) is 25.0. The molecular formula is C36H28N6Na4O8S2. The van der Waals surface area contributed by atoms with Gasteiger partial charge in [-0.1, -0.05) is 24.3 Å². The van der Waals surface area contributed by atoms with Gasteiger partial charge in [-0.25, -0.2) is 22.2 Å². The maximum Gasteiger partial charge on any atom is 1.00 e. The SMILES string of the molecule is CNc1[c-]c[c-]c2ccc(N=Nc3ccc(-c4ccc(N=Nc5ccc6c(S(=O)(=O)[O-])cc(S(=O)(=O)[O-])c(NC)c6c5O)c(C)c4)cc3C)c(O)c12.[Na+].[Na+].[Na+].[Na+]. The number of phenols is 2. The molecule has 0 radical (unpaired) electrons. The van der Waals surface area contributed by atoms with Gasteiger partial charge in [0.05, 0.1) is 32.2 Å². The van der Waals surface area contributed by atoms with Crippen LogP contribution in [0.4, 0.5) is 34.1 Å². The molecular weight excluding hydrogens is 801 g/mol. The van der Waals surface area contributed by atoms with Crippen LogP contribution in [0.5, 0.6) is 11.5 Å². The fourth-order valence-electron chi connectivity index (χ4n) is 5.76. The van der Waals surface area contributed by atoms with Gasteiger partial charge in [-0.05, 0) is 85.6 Å². The number of anilines is 2. The summed E-state index contributed by atoms with van der Waals surface area (Å²) in [4.78, 5) is -2.01. The van der Waals surface area contributed by atoms with Crippen molar-refractivity contribution in [2.45, 2.75) is 23.6 Å². The Morgan fingerprint density at radius 2 is 1.05 bits per heavy atom. The number of nitrogens with one attached hydrogen (secondary N) is 2. The molecule has 0 bridgehead atoms. The van der Waals surface area contributed by atoms with Crippen LogP contribution in [0.1, 0.15) is 11.1 Å². The van der Waals surface area contributed by atoms with E-state index in [-0.39, 0.29) is 135 Å². The first-order valence-corrected chi connectivity index (χ1v) is 18.2. The van der Waals surface area contributed by atoms with E-state index in [1.165, 1.54) is 19.2 Å². The van der Waals surface area contributed by atoms with Gasteiger partial charge in [0.15, 0.2) is 5.75 Å². The maximum atomic E-state index is 12.0. The fraction of sp³-hybridized carbons (Fsp3) is 0.111. The molecule has 0 aromatic heterocycles. The molecule has 0 aliphatic heterocycles. The van der Waals surface area contributed by atoms with E-state index in [1.807, 2.05) is 37.3 Å². The molecule has 4 N–H and O–H groups in total. The number of aryl methyl sites for hydroxylation is 2. The van der Waals surface area contributed by atoms with Crippen LogP contribution in [0, 0.1) is 26.0 Å². The molecule has 6 rings (SSSR count). The van der Waals surface area contributed by atoms with Crippen LogP contribution in [0.2, 0.25) is 0 Å². The number of hydrogen-bond acceptors (Lipinski definition) is 14. The van der Waals surface area contributed by atoms with Gasteiger partial charge in [-0.3, -0.25) is 0 Å². The summed E-state index contributed by atoms with van der Waals surface area (Å²) >= 11 is 0. The monoisotopic (exact) mass is 828 g/mol. The van der Waals surface area contributed by atoms with Crippen molar-refractivity contribution in [3.05, 3.63) is 96.1 Å². The van der Waals surface area contributed by atoms with Crippen molar-refractivity contribution in [1.29, 1.82) is 0 Å². The molecule has 0 heterocycles. The van der Waals surface area contributed by atoms with Crippen molar-refractivity contribution in [2.24, 2.45) is 20.5 Å². The first-order valence-electron chi connectivity index (χ1n) is 15.4. The van der Waals surface area contributed by atoms with Gasteiger partial charge in [-0.2, -0.15) is 21.3 Å². The molecule has 6 aromatic carbocycles. The molecule has 0 unspecified atom stereocenters. The Morgan fingerprint density at radius 3 is 1.52 bits per heavy atom. The summed E-state index contributed by atoms with van der Waals surface area (Å²) < 4.78 is 71.8. The van der Waals surface area contributed by atoms with Gasteiger partial charge >= 0.3 is 118 Å². The standard InChI is InChI=1S/C36H30N6O8S2.4Na/c1-19-16-22(9-12-25(19)39-41-28-14-8-21-6-5-7-27(37-3)32(21)35(28)43)23-10-13-26(20(2)17-23)40-42-29-15-11-24-30(51(45,46)47)18-31(52(48,49)50)34(38-4)33(24)36(29)44;;;;/h5,8-18,37-38,43-44H,1-4H3,(H,45,46,47)(H,48,49,50);;;;/q-2;4*+1/p-2. The van der Waals surface area contributed by atoms with Crippen molar-refractivity contribution in [2.75, 3.05) is 24.7 Å². The number of azo groups is 2. The van der Waals surface area contributed by atoms with Crippen LogP contribution in [-0.2, 0) is 20.2 Å². The number of phenolic OH excluding ortho intramolecular Hbond substituents is 2. The molecule has 0 spiro atoms. The number of rotatable bonds is 9. The van der Waals surface area contributed by atoms with Crippen LogP contribution in [0.3, 0.4) is 0 Å². The molecule has 14 nitrogen and oxygen atoms in total. The van der Waals surface area contributed by atoms with E-state index >= 15 is 0 Å². The quantitative estimate of drug-likeness (QED) is 0.0479. The topological polar surface area (TPSA) is 228 Å². The van der Waals surface area contributed by atoms with E-state index < -0.39 is 46.9 Å². The molecule has 20 heteroatoms. The van der Waals surface area contributed by atoms with Gasteiger partial charge in [0.25, 0.3) is 0 Å². The minimum atomic E-state index is -5.27. The predicted molar refractivity (Wildman–Crippen MR) is 194 cm³/mol. The van der Waals surface area contributed by atoms with Crippen molar-refractivity contribution in [3.8, 4) is 22.6 Å². The van der Waals surface area contributed by atoms with E-state index in [2.05, 4.69) is 43.2 Å². The van der Waals surface area contributed by atoms with Crippen molar-refractivity contribution in [1.82, 2.24) is 0 Å². The Kier molecular flexibility index (Phi) is 18.2. The van der Waals surface area contributed by atoms with Crippen LogP contribution in [-0.4, -0.2) is 50.2 Å². The summed E-state index contributed by atoms with van der Waals surface area (Å²) in [6.45, 7) is 3.69. The van der Waals surface area contributed by atoms with Crippen molar-refractivity contribution in [3.63, 3.8) is 0 Å². The van der Waals surface area contributed by atoms with Gasteiger partial charge < -0.3 is 48.2 Å². The van der Waals surface area contributed by atoms with Crippen LogP contribution in [0.15, 0.2) is 103 Å². The third-order valence-electron chi connectivity index (χ3n) is 8.33. The van der Waals surface area contributed by atoms with E-state index in [1.54, 1.807) is 38.2 Å². The molecule has 266 valence electrons. The minimum Gasteiger partial charge on any atom is -0.744 e. The number of hydrogen-bond donors (Lipinski definition) is 4. The smallest absolute Gasteiger partial charge is 0.744 e. The average Bonchev–Trinajstić information content (AvgIpc) is 3.10. The average molecular weight is 829 g/mol. The van der Waals surface area contributed by atoms with Crippen LogP contribution < -0.4 is 129 Å². The molecule has 0 saturated carbocycles. The molecule has 0 fully saturated rings. The second-order valence-corrected chi connectivity index (χ2v) is 14.3. The molecule has 0 aliphatic rings. The van der Waals surface area contributed by atoms with Crippen LogP contribution >= 0.6 is 0 Å². The third-order valence-corrected chi connectivity index (χ3v) is 10.1. The second-order valence-electron chi connectivity index (χ2n) is 11.6. The van der Waals surface area contributed by atoms with Crippen molar-refractivity contribution >= 4 is 75.9 Å². The molecule has 0 saturated heterocycles. The predicted octanol–water partition coefficient (Wildman–Crippen LogP) is -3.97. The number of aromatic hydroxyl groups is 2. The molecule has 6 aromatic rings. The maximum absolute atomic E-state index is 12.0. The Balaban J connectivity index is 0.00000271. The minimum absolute atomic E-state index is 0. The normalized spacial score (nSPS) is 11.5. The van der Waals surface area contributed by atoms with E-state index in [0.717, 1.165) is 16.7 Å². The Labute approximate surface area is 412 Å². The Bertz CT molecular complexity index is 2740. The van der Waals surface area contributed by atoms with Gasteiger partial charge in [0, 0.05) is 18.2 Å². The van der Waals surface area contributed by atoms with Crippen LogP contribution in [0.25, 0.3) is 32.7 Å². The summed E-state index contributed by atoms with van der Waals surface area (Å²) in [5.74, 6) is -0.731. The van der Waals surface area contributed by atoms with Gasteiger partial charge in [0.1, 0.15) is 31.6 Å². The Hall–Kier alpha value is -1.94. The largest absolute Gasteiger partial charge is 1.00 e. The summed E-state index contributed by atoms with van der Waals surface area (Å²) in [6.07, 6.45) is 0.